The van der Waals surface area contributed by atoms with E-state index in [0.29, 0.717) is 21.4 Å². The van der Waals surface area contributed by atoms with Crippen LogP contribution in [-0.2, 0) is 13.0 Å². The van der Waals surface area contributed by atoms with Gasteiger partial charge in [0, 0.05) is 39.4 Å². The highest BCUT2D eigenvalue weighted by Gasteiger charge is 2.46. The molecule has 0 saturated carbocycles. The number of rotatable bonds is 5. The van der Waals surface area contributed by atoms with Crippen LogP contribution in [0.1, 0.15) is 35.7 Å². The minimum absolute atomic E-state index is 0.0512. The molecule has 3 heterocycles. The molecule has 2 aromatic heterocycles. The average molecular weight is 481 g/mol. The second-order valence-corrected chi connectivity index (χ2v) is 10.3. The van der Waals surface area contributed by atoms with Crippen LogP contribution in [0.15, 0.2) is 52.6 Å². The normalized spacial score (nSPS) is 18.9. The summed E-state index contributed by atoms with van der Waals surface area (Å²) in [4.78, 5) is 17.5. The Hall–Kier alpha value is -2.75. The lowest BCUT2D eigenvalue weighted by Gasteiger charge is -2.42. The largest absolute Gasteiger partial charge is 0.390 e. The van der Waals surface area contributed by atoms with Crippen LogP contribution in [0.2, 0.25) is 0 Å². The zero-order valence-electron chi connectivity index (χ0n) is 19.4. The van der Waals surface area contributed by atoms with Gasteiger partial charge in [0.2, 0.25) is 0 Å². The first kappa shape index (κ1) is 23.0. The summed E-state index contributed by atoms with van der Waals surface area (Å²) in [5.74, 6) is 0.561. The number of anilines is 2. The van der Waals surface area contributed by atoms with E-state index < -0.39 is 5.82 Å². The van der Waals surface area contributed by atoms with Gasteiger partial charge in [0.1, 0.15) is 10.7 Å². The van der Waals surface area contributed by atoms with Gasteiger partial charge in [-0.15, -0.1) is 0 Å². The average Bonchev–Trinajstić information content (AvgIpc) is 3.12. The van der Waals surface area contributed by atoms with Crippen LogP contribution < -0.4 is 15.5 Å². The minimum Gasteiger partial charge on any atom is -0.390 e. The fourth-order valence-corrected chi connectivity index (χ4v) is 6.01. The maximum Gasteiger partial charge on any atom is 0.179 e. The van der Waals surface area contributed by atoms with Crippen molar-refractivity contribution in [2.24, 2.45) is 11.1 Å². The van der Waals surface area contributed by atoms with Gasteiger partial charge in [0.15, 0.2) is 17.5 Å². The smallest absolute Gasteiger partial charge is 0.179 e. The Balaban J connectivity index is 1.32. The van der Waals surface area contributed by atoms with Crippen LogP contribution in [-0.4, -0.2) is 47.2 Å². The third kappa shape index (κ3) is 4.01. The monoisotopic (exact) mass is 480 g/mol. The van der Waals surface area contributed by atoms with Crippen LogP contribution in [0.4, 0.5) is 16.0 Å². The second kappa shape index (κ2) is 9.13. The second-order valence-electron chi connectivity index (χ2n) is 9.28. The summed E-state index contributed by atoms with van der Waals surface area (Å²) in [6, 6.07) is 10.2. The standard InChI is InChI=1S/C25H29FN6OS/c1-31(2)24-21(26)19(7-10-28-24)34-20-14-29-23(18(15-33)30-20)32-11-8-25(9-12-32)13-16-5-3-4-6-17(16)22(25)27/h3-7,10,14,22,33H,8-9,11-13,15,27H2,1-2H3/t22-/m1/s1. The number of piperidine rings is 1. The highest BCUT2D eigenvalue weighted by Crippen LogP contribution is 2.51. The highest BCUT2D eigenvalue weighted by atomic mass is 32.2. The SMILES string of the molecule is CN(C)c1nccc(Sc2cnc(N3CCC4(CC3)Cc3ccccc3[C@H]4N)c(CO)n2)c1F. The summed E-state index contributed by atoms with van der Waals surface area (Å²) in [6.45, 7) is 1.38. The number of nitrogens with zero attached hydrogens (tertiary/aromatic N) is 5. The van der Waals surface area contributed by atoms with Crippen molar-refractivity contribution in [1.82, 2.24) is 15.0 Å². The minimum atomic E-state index is -0.399. The van der Waals surface area contributed by atoms with Crippen molar-refractivity contribution in [2.75, 3.05) is 37.0 Å². The summed E-state index contributed by atoms with van der Waals surface area (Å²) in [5, 5.41) is 10.6. The maximum atomic E-state index is 14.8. The van der Waals surface area contributed by atoms with Crippen molar-refractivity contribution in [1.29, 1.82) is 0 Å². The van der Waals surface area contributed by atoms with E-state index in [1.165, 1.54) is 22.9 Å². The van der Waals surface area contributed by atoms with Gasteiger partial charge in [-0.1, -0.05) is 36.0 Å². The molecule has 178 valence electrons. The zero-order valence-corrected chi connectivity index (χ0v) is 20.2. The number of hydrogen-bond donors (Lipinski definition) is 2. The molecule has 1 aliphatic carbocycles. The van der Waals surface area contributed by atoms with Crippen LogP contribution in [0.3, 0.4) is 0 Å². The molecule has 1 spiro atoms. The summed E-state index contributed by atoms with van der Waals surface area (Å²) in [6.07, 6.45) is 6.16. The Morgan fingerprint density at radius 3 is 2.68 bits per heavy atom. The van der Waals surface area contributed by atoms with Gasteiger partial charge in [-0.2, -0.15) is 0 Å². The highest BCUT2D eigenvalue weighted by molar-refractivity contribution is 7.99. The Labute approximate surface area is 203 Å². The molecule has 34 heavy (non-hydrogen) atoms. The van der Waals surface area contributed by atoms with Crippen molar-refractivity contribution in [3.63, 3.8) is 0 Å². The van der Waals surface area contributed by atoms with Crippen molar-refractivity contribution in [2.45, 2.75) is 41.8 Å². The van der Waals surface area contributed by atoms with E-state index in [0.717, 1.165) is 32.4 Å². The molecular weight excluding hydrogens is 451 g/mol. The number of benzene rings is 1. The van der Waals surface area contributed by atoms with Crippen LogP contribution in [0.5, 0.6) is 0 Å². The number of hydrogen-bond acceptors (Lipinski definition) is 8. The predicted molar refractivity (Wildman–Crippen MR) is 132 cm³/mol. The molecule has 0 radical (unpaired) electrons. The van der Waals surface area contributed by atoms with Gasteiger partial charge in [0.05, 0.1) is 17.7 Å². The molecule has 1 fully saturated rings. The first-order valence-electron chi connectivity index (χ1n) is 11.5. The molecule has 5 rings (SSSR count). The van der Waals surface area contributed by atoms with E-state index in [-0.39, 0.29) is 23.9 Å². The fraction of sp³-hybridized carbons (Fsp3) is 0.400. The van der Waals surface area contributed by atoms with Crippen LogP contribution >= 0.6 is 11.8 Å². The lowest BCUT2D eigenvalue weighted by atomic mass is 9.73. The number of aliphatic hydroxyl groups excluding tert-OH is 1. The molecule has 0 bridgehead atoms. The zero-order chi connectivity index (χ0) is 23.9. The Morgan fingerprint density at radius 2 is 1.97 bits per heavy atom. The molecule has 2 aliphatic rings. The molecule has 1 aliphatic heterocycles. The summed E-state index contributed by atoms with van der Waals surface area (Å²) >= 11 is 1.18. The first-order valence-corrected chi connectivity index (χ1v) is 12.3. The number of nitrogens with two attached hydrogens (primary N) is 1. The number of halogens is 1. The van der Waals surface area contributed by atoms with E-state index >= 15 is 0 Å². The maximum absolute atomic E-state index is 14.8. The lowest BCUT2D eigenvalue weighted by Crippen LogP contribution is -2.45. The quantitative estimate of drug-likeness (QED) is 0.573. The van der Waals surface area contributed by atoms with Gasteiger partial charge in [0.25, 0.3) is 0 Å². The van der Waals surface area contributed by atoms with E-state index in [4.69, 9.17) is 5.73 Å². The van der Waals surface area contributed by atoms with Gasteiger partial charge < -0.3 is 20.6 Å². The number of aromatic nitrogens is 3. The molecule has 1 saturated heterocycles. The Kier molecular flexibility index (Phi) is 6.18. The van der Waals surface area contributed by atoms with E-state index in [1.54, 1.807) is 37.5 Å². The lowest BCUT2D eigenvalue weighted by molar-refractivity contribution is 0.186. The van der Waals surface area contributed by atoms with E-state index in [9.17, 15) is 9.50 Å². The van der Waals surface area contributed by atoms with Crippen molar-refractivity contribution < 1.29 is 9.50 Å². The topological polar surface area (TPSA) is 91.4 Å². The molecular formula is C25H29FN6OS. The Morgan fingerprint density at radius 1 is 1.21 bits per heavy atom. The molecule has 0 amide bonds. The predicted octanol–water partition coefficient (Wildman–Crippen LogP) is 3.56. The Bertz CT molecular complexity index is 1200. The molecule has 7 nitrogen and oxygen atoms in total. The van der Waals surface area contributed by atoms with Gasteiger partial charge in [-0.3, -0.25) is 0 Å². The van der Waals surface area contributed by atoms with E-state index in [2.05, 4.69) is 44.1 Å². The van der Waals surface area contributed by atoms with E-state index in [1.807, 2.05) is 0 Å². The van der Waals surface area contributed by atoms with Crippen molar-refractivity contribution in [3.8, 4) is 0 Å². The third-order valence-corrected chi connectivity index (χ3v) is 8.02. The van der Waals surface area contributed by atoms with Gasteiger partial charge in [-0.25, -0.2) is 19.3 Å². The summed E-state index contributed by atoms with van der Waals surface area (Å²) in [7, 11) is 3.50. The molecule has 1 atom stereocenters. The molecule has 3 N–H and O–H groups in total. The first-order chi connectivity index (χ1) is 16.4. The van der Waals surface area contributed by atoms with Crippen LogP contribution in [0, 0.1) is 11.2 Å². The number of aliphatic hydroxyl groups is 1. The fourth-order valence-electron chi connectivity index (χ4n) is 5.21. The summed E-state index contributed by atoms with van der Waals surface area (Å²) < 4.78 is 14.8. The summed E-state index contributed by atoms with van der Waals surface area (Å²) in [5.41, 5.74) is 9.92. The molecule has 1 aromatic carbocycles. The van der Waals surface area contributed by atoms with Crippen LogP contribution in [0.25, 0.3) is 0 Å². The number of pyridine rings is 1. The van der Waals surface area contributed by atoms with Gasteiger partial charge >= 0.3 is 0 Å². The molecule has 9 heteroatoms. The molecule has 3 aromatic rings. The van der Waals surface area contributed by atoms with Crippen molar-refractivity contribution >= 4 is 23.4 Å². The number of fused-ring (bicyclic) bond motifs is 1. The third-order valence-electron chi connectivity index (χ3n) is 7.07. The molecule has 0 unspecified atom stereocenters. The van der Waals surface area contributed by atoms with Gasteiger partial charge in [-0.05, 0) is 41.9 Å². The van der Waals surface area contributed by atoms with Crippen molar-refractivity contribution in [3.05, 3.63) is 65.4 Å².